The van der Waals surface area contributed by atoms with Gasteiger partial charge in [0.25, 0.3) is 5.91 Å². The maximum Gasteiger partial charge on any atom is 0.251 e. The van der Waals surface area contributed by atoms with Crippen molar-refractivity contribution in [3.05, 3.63) is 102 Å². The molecule has 1 amide bonds. The van der Waals surface area contributed by atoms with Crippen LogP contribution in [0.3, 0.4) is 0 Å². The van der Waals surface area contributed by atoms with Crippen molar-refractivity contribution in [1.82, 2.24) is 50.0 Å². The van der Waals surface area contributed by atoms with Crippen molar-refractivity contribution < 1.29 is 9.18 Å². The first-order valence-corrected chi connectivity index (χ1v) is 13.6. The van der Waals surface area contributed by atoms with E-state index in [1.165, 1.54) is 17.1 Å². The number of carbonyl (C=O) groups excluding carboxylic acids is 1. The number of nitrogens with one attached hydrogen (secondary N) is 2. The summed E-state index contributed by atoms with van der Waals surface area (Å²) in [6.07, 6.45) is 7.77. The zero-order valence-electron chi connectivity index (χ0n) is 22.4. The second-order valence-corrected chi connectivity index (χ2v) is 10.3. The number of benzene rings is 2. The number of rotatable bonds is 5. The summed E-state index contributed by atoms with van der Waals surface area (Å²) < 4.78 is 16.4. The van der Waals surface area contributed by atoms with E-state index in [1.54, 1.807) is 24.7 Å². The quantitative estimate of drug-likeness (QED) is 0.279. The SMILES string of the molecule is Nc1ncccc1-c1nc2ccc(-n3nccn3)nc2n1-c1ccc2c(c1)CC[C@@H]2NC(=O)c1cc(F)c2[nH]ncc2c1. The molecule has 0 radical (unpaired) electrons. The highest BCUT2D eigenvalue weighted by atomic mass is 19.1. The molecule has 12 nitrogen and oxygen atoms in total. The number of fused-ring (bicyclic) bond motifs is 3. The lowest BCUT2D eigenvalue weighted by atomic mass is 10.1. The van der Waals surface area contributed by atoms with E-state index in [1.807, 2.05) is 41.0 Å². The summed E-state index contributed by atoms with van der Waals surface area (Å²) in [5.41, 5.74) is 11.7. The number of carbonyl (C=O) groups is 1. The number of aromatic nitrogens is 9. The molecule has 13 heteroatoms. The fraction of sp³-hybridized carbons (Fsp3) is 0.100. The topological polar surface area (TPSA) is 158 Å². The zero-order chi connectivity index (χ0) is 29.1. The molecule has 0 bridgehead atoms. The van der Waals surface area contributed by atoms with Crippen LogP contribution in [0.25, 0.3) is 45.0 Å². The van der Waals surface area contributed by atoms with Crippen molar-refractivity contribution in [2.24, 2.45) is 0 Å². The largest absolute Gasteiger partial charge is 0.383 e. The van der Waals surface area contributed by atoms with Gasteiger partial charge in [0.15, 0.2) is 17.3 Å². The number of pyridine rings is 2. The van der Waals surface area contributed by atoms with Crippen LogP contribution in [-0.2, 0) is 6.42 Å². The Hall–Kier alpha value is -5.98. The highest BCUT2D eigenvalue weighted by Gasteiger charge is 2.27. The number of amides is 1. The first kappa shape index (κ1) is 24.8. The number of nitrogens with two attached hydrogens (primary N) is 1. The summed E-state index contributed by atoms with van der Waals surface area (Å²) in [6.45, 7) is 0. The Bertz CT molecular complexity index is 2180. The second kappa shape index (κ2) is 9.55. The average Bonchev–Trinajstić information content (AvgIpc) is 3.83. The molecule has 1 aliphatic carbocycles. The molecule has 0 saturated carbocycles. The number of H-pyrrole nitrogens is 1. The van der Waals surface area contributed by atoms with Gasteiger partial charge in [-0.1, -0.05) is 6.07 Å². The highest BCUT2D eigenvalue weighted by Crippen LogP contribution is 2.36. The number of anilines is 1. The summed E-state index contributed by atoms with van der Waals surface area (Å²) in [5.74, 6) is 0.621. The van der Waals surface area contributed by atoms with Crippen molar-refractivity contribution in [2.75, 3.05) is 5.73 Å². The monoisotopic (exact) mass is 571 g/mol. The minimum Gasteiger partial charge on any atom is -0.383 e. The Morgan fingerprint density at radius 2 is 1.93 bits per heavy atom. The van der Waals surface area contributed by atoms with Crippen molar-refractivity contribution >= 4 is 33.8 Å². The molecule has 4 N–H and O–H groups in total. The molecule has 2 aromatic carbocycles. The van der Waals surface area contributed by atoms with E-state index in [2.05, 4.69) is 36.8 Å². The van der Waals surface area contributed by atoms with Crippen LogP contribution < -0.4 is 11.1 Å². The number of nitrogens with zero attached hydrogens (tertiary/aromatic N) is 8. The van der Waals surface area contributed by atoms with E-state index in [4.69, 9.17) is 15.7 Å². The lowest BCUT2D eigenvalue weighted by Crippen LogP contribution is -2.27. The van der Waals surface area contributed by atoms with Gasteiger partial charge in [-0.05, 0) is 72.5 Å². The Morgan fingerprint density at radius 3 is 2.79 bits per heavy atom. The average molecular weight is 572 g/mol. The van der Waals surface area contributed by atoms with Gasteiger partial charge in [-0.25, -0.2) is 19.3 Å². The molecule has 1 atom stereocenters. The predicted octanol–water partition coefficient (Wildman–Crippen LogP) is 4.08. The minimum absolute atomic E-state index is 0.219. The predicted molar refractivity (Wildman–Crippen MR) is 156 cm³/mol. The summed E-state index contributed by atoms with van der Waals surface area (Å²) >= 11 is 0. The van der Waals surface area contributed by atoms with Gasteiger partial charge in [-0.15, -0.1) is 4.80 Å². The van der Waals surface area contributed by atoms with Crippen molar-refractivity contribution in [3.8, 4) is 22.9 Å². The van der Waals surface area contributed by atoms with E-state index < -0.39 is 5.82 Å². The van der Waals surface area contributed by atoms with Gasteiger partial charge in [0, 0.05) is 22.8 Å². The number of imidazole rings is 1. The van der Waals surface area contributed by atoms with Crippen LogP contribution in [0.2, 0.25) is 0 Å². The molecule has 210 valence electrons. The molecule has 0 unspecified atom stereocenters. The minimum atomic E-state index is -0.519. The van der Waals surface area contributed by atoms with Gasteiger partial charge < -0.3 is 11.1 Å². The van der Waals surface area contributed by atoms with Crippen LogP contribution in [0.15, 0.2) is 79.4 Å². The highest BCUT2D eigenvalue weighted by molar-refractivity contribution is 5.98. The molecule has 0 fully saturated rings. The molecule has 8 rings (SSSR count). The Kier molecular flexibility index (Phi) is 5.50. The Labute approximate surface area is 242 Å². The molecule has 7 aromatic rings. The maximum atomic E-state index is 14.5. The van der Waals surface area contributed by atoms with E-state index in [0.717, 1.165) is 23.2 Å². The van der Waals surface area contributed by atoms with Crippen LogP contribution in [0.4, 0.5) is 10.2 Å². The molecule has 0 spiro atoms. The van der Waals surface area contributed by atoms with Crippen LogP contribution in [0, 0.1) is 5.82 Å². The maximum absolute atomic E-state index is 14.5. The molecule has 43 heavy (non-hydrogen) atoms. The molecule has 1 aliphatic rings. The molecular weight excluding hydrogens is 549 g/mol. The first-order valence-electron chi connectivity index (χ1n) is 13.6. The zero-order valence-corrected chi connectivity index (χ0v) is 22.4. The van der Waals surface area contributed by atoms with E-state index in [0.29, 0.717) is 46.0 Å². The normalized spacial score (nSPS) is 14.4. The molecule has 5 heterocycles. The number of nitrogen functional groups attached to an aromatic ring is 1. The van der Waals surface area contributed by atoms with Gasteiger partial charge >= 0.3 is 0 Å². The van der Waals surface area contributed by atoms with E-state index in [9.17, 15) is 9.18 Å². The fourth-order valence-electron chi connectivity index (χ4n) is 5.70. The summed E-state index contributed by atoms with van der Waals surface area (Å²) in [7, 11) is 0. The van der Waals surface area contributed by atoms with Crippen LogP contribution in [0.1, 0.15) is 33.9 Å². The molecule has 5 aromatic heterocycles. The summed E-state index contributed by atoms with van der Waals surface area (Å²) in [5, 5.41) is 18.5. The number of aromatic amines is 1. The van der Waals surface area contributed by atoms with Gasteiger partial charge in [0.2, 0.25) is 0 Å². The molecule has 0 saturated heterocycles. The molecule has 0 aliphatic heterocycles. The fourth-order valence-corrected chi connectivity index (χ4v) is 5.70. The van der Waals surface area contributed by atoms with Crippen LogP contribution >= 0.6 is 0 Å². The van der Waals surface area contributed by atoms with E-state index >= 15 is 0 Å². The van der Waals surface area contributed by atoms with Crippen LogP contribution in [-0.4, -0.2) is 50.6 Å². The number of hydrogen-bond donors (Lipinski definition) is 3. The Morgan fingerprint density at radius 1 is 1.05 bits per heavy atom. The smallest absolute Gasteiger partial charge is 0.251 e. The number of halogens is 1. The summed E-state index contributed by atoms with van der Waals surface area (Å²) in [4.78, 5) is 28.6. The van der Waals surface area contributed by atoms with Crippen LogP contribution in [0.5, 0.6) is 0 Å². The Balaban J connectivity index is 1.19. The number of hydrogen-bond acceptors (Lipinski definition) is 8. The first-order chi connectivity index (χ1) is 21.0. The van der Waals surface area contributed by atoms with Crippen molar-refractivity contribution in [3.63, 3.8) is 0 Å². The summed E-state index contributed by atoms with van der Waals surface area (Å²) in [6, 6.07) is 16.1. The lowest BCUT2D eigenvalue weighted by molar-refractivity contribution is 0.0936. The van der Waals surface area contributed by atoms with E-state index in [-0.39, 0.29) is 23.0 Å². The third-order valence-corrected chi connectivity index (χ3v) is 7.72. The van der Waals surface area contributed by atoms with Crippen molar-refractivity contribution in [1.29, 1.82) is 0 Å². The lowest BCUT2D eigenvalue weighted by Gasteiger charge is -2.16. The van der Waals surface area contributed by atoms with Crippen molar-refractivity contribution in [2.45, 2.75) is 18.9 Å². The third-order valence-electron chi connectivity index (χ3n) is 7.72. The third kappa shape index (κ3) is 4.09. The number of aryl methyl sites for hydroxylation is 1. The standard InChI is InChI=1S/C30H22FN11O/c31-22-14-17(12-18-15-34-40-26(18)22)30(43)38-23-6-3-16-13-19(4-5-20(16)23)41-28(21-2-1-9-33-27(21)32)37-24-7-8-25(39-29(24)41)42-35-10-11-36-42/h1-2,4-5,7-15,23H,3,6H2,(H2,32,33)(H,34,40)(H,38,43)/t23-/m0/s1. The van der Waals surface area contributed by atoms with Gasteiger partial charge in [-0.2, -0.15) is 15.3 Å². The molecular formula is C30H22FN11O. The van der Waals surface area contributed by atoms with Gasteiger partial charge in [0.1, 0.15) is 22.7 Å². The van der Waals surface area contributed by atoms with Gasteiger partial charge in [0.05, 0.1) is 30.2 Å². The van der Waals surface area contributed by atoms with Gasteiger partial charge in [-0.3, -0.25) is 14.5 Å². The second-order valence-electron chi connectivity index (χ2n) is 10.3.